The van der Waals surface area contributed by atoms with Crippen LogP contribution in [-0.2, 0) is 28.6 Å². The van der Waals surface area contributed by atoms with Crippen molar-refractivity contribution in [3.8, 4) is 0 Å². The van der Waals surface area contributed by atoms with Gasteiger partial charge in [0.15, 0.2) is 6.10 Å². The Hall–Kier alpha value is -2.63. The highest BCUT2D eigenvalue weighted by Gasteiger charge is 2.19. The van der Waals surface area contributed by atoms with E-state index in [0.29, 0.717) is 19.3 Å². The summed E-state index contributed by atoms with van der Waals surface area (Å²) in [6.45, 7) is 6.61. The van der Waals surface area contributed by atoms with Crippen LogP contribution in [0.5, 0.6) is 0 Å². The Kier molecular flexibility index (Phi) is 50.8. The molecule has 1 atom stereocenters. The Morgan fingerprint density at radius 1 is 0.312 bits per heavy atom. The summed E-state index contributed by atoms with van der Waals surface area (Å²) in [4.78, 5) is 38.0. The van der Waals surface area contributed by atoms with Crippen LogP contribution in [0, 0.1) is 0 Å². The lowest BCUT2D eigenvalue weighted by molar-refractivity contribution is -0.167. The van der Waals surface area contributed by atoms with Crippen LogP contribution in [0.2, 0.25) is 0 Å². The summed E-state index contributed by atoms with van der Waals surface area (Å²) in [5.41, 5.74) is 0. The van der Waals surface area contributed by atoms with E-state index in [1.807, 2.05) is 0 Å². The van der Waals surface area contributed by atoms with Gasteiger partial charge in [0, 0.05) is 19.3 Å². The van der Waals surface area contributed by atoms with E-state index >= 15 is 0 Å². The van der Waals surface area contributed by atoms with Crippen molar-refractivity contribution in [3.63, 3.8) is 0 Å². The van der Waals surface area contributed by atoms with Crippen LogP contribution in [0.25, 0.3) is 0 Å². The molecule has 0 aromatic heterocycles. The second kappa shape index (κ2) is 53.0. The van der Waals surface area contributed by atoms with E-state index in [9.17, 15) is 14.4 Å². The lowest BCUT2D eigenvalue weighted by atomic mass is 10.1. The zero-order valence-electron chi connectivity index (χ0n) is 42.6. The van der Waals surface area contributed by atoms with Gasteiger partial charge in [0.1, 0.15) is 13.2 Å². The van der Waals surface area contributed by atoms with Gasteiger partial charge in [0.2, 0.25) is 0 Å². The van der Waals surface area contributed by atoms with Gasteiger partial charge >= 0.3 is 17.9 Å². The van der Waals surface area contributed by atoms with Crippen molar-refractivity contribution in [3.05, 3.63) is 48.6 Å². The molecule has 0 rings (SSSR count). The van der Waals surface area contributed by atoms with Gasteiger partial charge in [-0.15, -0.1) is 0 Å². The van der Waals surface area contributed by atoms with Gasteiger partial charge in [-0.05, 0) is 83.5 Å². The van der Waals surface area contributed by atoms with Crippen LogP contribution in [-0.4, -0.2) is 37.2 Å². The molecule has 0 saturated carbocycles. The molecule has 6 nitrogen and oxygen atoms in total. The third kappa shape index (κ3) is 50.4. The molecule has 0 fully saturated rings. The molecule has 6 heteroatoms. The summed E-state index contributed by atoms with van der Waals surface area (Å²) in [5, 5.41) is 0. The maximum atomic E-state index is 12.8. The predicted octanol–water partition coefficient (Wildman–Crippen LogP) is 18.3. The zero-order valence-corrected chi connectivity index (χ0v) is 42.6. The van der Waals surface area contributed by atoms with Gasteiger partial charge in [-0.1, -0.05) is 230 Å². The molecular weight excluding hydrogens is 793 g/mol. The average molecular weight is 897 g/mol. The minimum Gasteiger partial charge on any atom is -0.462 e. The molecule has 0 aromatic carbocycles. The van der Waals surface area contributed by atoms with Gasteiger partial charge in [-0.25, -0.2) is 0 Å². The van der Waals surface area contributed by atoms with E-state index in [-0.39, 0.29) is 31.1 Å². The summed E-state index contributed by atoms with van der Waals surface area (Å²) >= 11 is 0. The molecule has 0 spiro atoms. The van der Waals surface area contributed by atoms with Crippen LogP contribution < -0.4 is 0 Å². The first kappa shape index (κ1) is 61.4. The second-order valence-corrected chi connectivity index (χ2v) is 18.5. The Morgan fingerprint density at radius 2 is 0.562 bits per heavy atom. The number of hydrogen-bond donors (Lipinski definition) is 0. The fourth-order valence-electron chi connectivity index (χ4n) is 7.86. The molecule has 0 aliphatic rings. The summed E-state index contributed by atoms with van der Waals surface area (Å²) in [7, 11) is 0. The van der Waals surface area contributed by atoms with Crippen LogP contribution >= 0.6 is 0 Å². The van der Waals surface area contributed by atoms with Crippen LogP contribution in [0.3, 0.4) is 0 Å². The van der Waals surface area contributed by atoms with Crippen molar-refractivity contribution in [2.75, 3.05) is 13.2 Å². The topological polar surface area (TPSA) is 78.9 Å². The quantitative estimate of drug-likeness (QED) is 0.0262. The molecule has 0 aliphatic heterocycles. The number of carbonyl (C=O) groups excluding carboxylic acids is 3. The molecule has 0 aliphatic carbocycles. The minimum atomic E-state index is -0.780. The number of allylic oxidation sites excluding steroid dienone is 8. The Balaban J connectivity index is 4.36. The largest absolute Gasteiger partial charge is 0.462 e. The zero-order chi connectivity index (χ0) is 46.5. The minimum absolute atomic E-state index is 0.0783. The van der Waals surface area contributed by atoms with Crippen LogP contribution in [0.1, 0.15) is 284 Å². The van der Waals surface area contributed by atoms with Crippen LogP contribution in [0.15, 0.2) is 48.6 Å². The molecule has 64 heavy (non-hydrogen) atoms. The Labute approximate surface area is 397 Å². The Morgan fingerprint density at radius 3 is 0.922 bits per heavy atom. The second-order valence-electron chi connectivity index (χ2n) is 18.5. The molecule has 0 radical (unpaired) electrons. The summed E-state index contributed by atoms with van der Waals surface area (Å²) in [6, 6.07) is 0. The monoisotopic (exact) mass is 897 g/mol. The molecule has 0 heterocycles. The Bertz CT molecular complexity index is 1120. The smallest absolute Gasteiger partial charge is 0.306 e. The average Bonchev–Trinajstić information content (AvgIpc) is 3.29. The highest BCUT2D eigenvalue weighted by molar-refractivity contribution is 5.71. The van der Waals surface area contributed by atoms with E-state index in [1.165, 1.54) is 154 Å². The van der Waals surface area contributed by atoms with Gasteiger partial charge in [0.25, 0.3) is 0 Å². The maximum Gasteiger partial charge on any atom is 0.306 e. The third-order valence-electron chi connectivity index (χ3n) is 12.1. The predicted molar refractivity (Wildman–Crippen MR) is 275 cm³/mol. The summed E-state index contributed by atoms with van der Waals surface area (Å²) < 4.78 is 16.8. The van der Waals surface area contributed by atoms with E-state index in [1.54, 1.807) is 0 Å². The molecule has 0 aromatic rings. The fourth-order valence-corrected chi connectivity index (χ4v) is 7.86. The van der Waals surface area contributed by atoms with Gasteiger partial charge in [-0.2, -0.15) is 0 Å². The number of rotatable bonds is 50. The lowest BCUT2D eigenvalue weighted by Crippen LogP contribution is -2.30. The van der Waals surface area contributed by atoms with Crippen molar-refractivity contribution in [2.24, 2.45) is 0 Å². The van der Waals surface area contributed by atoms with E-state index in [2.05, 4.69) is 69.4 Å². The highest BCUT2D eigenvalue weighted by atomic mass is 16.6. The van der Waals surface area contributed by atoms with Crippen molar-refractivity contribution in [1.29, 1.82) is 0 Å². The summed E-state index contributed by atoms with van der Waals surface area (Å²) in [6.07, 6.45) is 63.8. The molecule has 0 amide bonds. The van der Waals surface area contributed by atoms with E-state index < -0.39 is 6.10 Å². The van der Waals surface area contributed by atoms with Crippen molar-refractivity contribution >= 4 is 17.9 Å². The normalized spacial score (nSPS) is 12.4. The van der Waals surface area contributed by atoms with Crippen molar-refractivity contribution in [2.45, 2.75) is 290 Å². The SMILES string of the molecule is CCCCC/C=C\C/C=C\C/C=C\CCCCCCCCC(=O)OC[C@@H](COC(=O)CCCCCCCCCCCCC)OC(=O)CCCCCCC/C=C\CCCCCCCCC. The molecular formula is C58H104O6. The molecule has 372 valence electrons. The van der Waals surface area contributed by atoms with E-state index in [0.717, 1.165) is 89.9 Å². The number of hydrogen-bond acceptors (Lipinski definition) is 6. The van der Waals surface area contributed by atoms with E-state index in [4.69, 9.17) is 14.2 Å². The molecule has 0 N–H and O–H groups in total. The lowest BCUT2D eigenvalue weighted by Gasteiger charge is -2.18. The number of unbranched alkanes of at least 4 members (excludes halogenated alkanes) is 31. The standard InChI is InChI=1S/C58H104O6/c1-4-7-10-13-16-19-22-24-26-28-29-30-32-33-36-39-42-45-48-51-57(60)63-54-55(53-62-56(59)50-47-44-41-38-35-21-18-15-12-9-6-3)64-58(61)52-49-46-43-40-37-34-31-27-25-23-20-17-14-11-8-5-2/h16,19,24,26-27,29-31,55H,4-15,17-18,20-23,25,28,32-54H2,1-3H3/b19-16-,26-24-,30-29-,31-27-/t55-/m1/s1. The van der Waals surface area contributed by atoms with Crippen molar-refractivity contribution < 1.29 is 28.6 Å². The van der Waals surface area contributed by atoms with Gasteiger partial charge < -0.3 is 14.2 Å². The summed E-state index contributed by atoms with van der Waals surface area (Å²) in [5.74, 6) is -0.890. The first-order chi connectivity index (χ1) is 31.5. The molecule has 0 saturated heterocycles. The van der Waals surface area contributed by atoms with Crippen molar-refractivity contribution in [1.82, 2.24) is 0 Å². The molecule has 0 unspecified atom stereocenters. The number of carbonyl (C=O) groups is 3. The molecule has 0 bridgehead atoms. The van der Waals surface area contributed by atoms with Crippen LogP contribution in [0.4, 0.5) is 0 Å². The first-order valence-corrected chi connectivity index (χ1v) is 27.6. The maximum absolute atomic E-state index is 12.8. The third-order valence-corrected chi connectivity index (χ3v) is 12.1. The van der Waals surface area contributed by atoms with Gasteiger partial charge in [-0.3, -0.25) is 14.4 Å². The fraction of sp³-hybridized carbons (Fsp3) is 0.810. The highest BCUT2D eigenvalue weighted by Crippen LogP contribution is 2.15. The number of ether oxygens (including phenoxy) is 3. The number of esters is 3. The van der Waals surface area contributed by atoms with Gasteiger partial charge in [0.05, 0.1) is 0 Å². The first-order valence-electron chi connectivity index (χ1n) is 27.6.